The third-order valence-corrected chi connectivity index (χ3v) is 7.19. The molecule has 2 aromatic carbocycles. The molecule has 1 aliphatic carbocycles. The molecule has 1 aliphatic rings. The number of carbonyl (C=O) groups is 2. The van der Waals surface area contributed by atoms with Gasteiger partial charge in [-0.25, -0.2) is 13.2 Å². The predicted octanol–water partition coefficient (Wildman–Crippen LogP) is 3.74. The Kier molecular flexibility index (Phi) is 7.97. The van der Waals surface area contributed by atoms with E-state index in [9.17, 15) is 18.0 Å². The van der Waals surface area contributed by atoms with Crippen molar-refractivity contribution in [2.75, 3.05) is 11.8 Å². The van der Waals surface area contributed by atoms with Crippen LogP contribution in [-0.4, -0.2) is 39.5 Å². The highest BCUT2D eigenvalue weighted by atomic mass is 32.2. The lowest BCUT2D eigenvalue weighted by Gasteiger charge is -2.30. The van der Waals surface area contributed by atoms with Crippen LogP contribution in [-0.2, 0) is 19.6 Å². The van der Waals surface area contributed by atoms with Gasteiger partial charge in [-0.3, -0.25) is 9.52 Å². The summed E-state index contributed by atoms with van der Waals surface area (Å²) in [4.78, 5) is 25.0. The van der Waals surface area contributed by atoms with Gasteiger partial charge in [-0.1, -0.05) is 25.8 Å². The molecule has 0 aromatic heterocycles. The van der Waals surface area contributed by atoms with Crippen LogP contribution in [0.1, 0.15) is 49.9 Å². The lowest BCUT2D eigenvalue weighted by atomic mass is 9.86. The van der Waals surface area contributed by atoms with Gasteiger partial charge < -0.3 is 14.8 Å². The van der Waals surface area contributed by atoms with E-state index in [4.69, 9.17) is 9.47 Å². The average Bonchev–Trinajstić information content (AvgIpc) is 2.80. The minimum absolute atomic E-state index is 0.0401. The fourth-order valence-electron chi connectivity index (χ4n) is 3.78. The first-order valence-electron chi connectivity index (χ1n) is 11.0. The monoisotopic (exact) mass is 474 g/mol. The number of anilines is 1. The average molecular weight is 475 g/mol. The number of nitrogens with one attached hydrogen (secondary N) is 2. The number of benzene rings is 2. The first-order valence-corrected chi connectivity index (χ1v) is 12.5. The van der Waals surface area contributed by atoms with Gasteiger partial charge in [0.15, 0.2) is 6.10 Å². The summed E-state index contributed by atoms with van der Waals surface area (Å²) in [7, 11) is -2.42. The summed E-state index contributed by atoms with van der Waals surface area (Å²) in [6.45, 7) is 3.61. The van der Waals surface area contributed by atoms with Crippen LogP contribution in [0.5, 0.6) is 5.75 Å². The molecule has 0 spiro atoms. The van der Waals surface area contributed by atoms with E-state index < -0.39 is 22.1 Å². The third kappa shape index (κ3) is 6.47. The zero-order valence-corrected chi connectivity index (χ0v) is 19.9. The van der Waals surface area contributed by atoms with Gasteiger partial charge in [-0.2, -0.15) is 0 Å². The number of carbonyl (C=O) groups excluding carboxylic acids is 2. The van der Waals surface area contributed by atoms with Crippen LogP contribution in [0.4, 0.5) is 5.69 Å². The van der Waals surface area contributed by atoms with Crippen molar-refractivity contribution in [2.45, 2.75) is 56.6 Å². The Bertz CT molecular complexity index is 1080. The standard InChI is InChI=1S/C24H30N2O6S/c1-16-7-4-5-10-22(16)25-23(27)17(2)32-24(28)18-8-6-9-21(15-18)33(29,30)26-19-11-13-20(31-3)14-12-19/h6,8-9,11-17,22,26H,4-5,7,10H2,1-3H3,(H,25,27). The number of hydrogen-bond acceptors (Lipinski definition) is 6. The van der Waals surface area contributed by atoms with E-state index in [0.29, 0.717) is 17.4 Å². The summed E-state index contributed by atoms with van der Waals surface area (Å²) in [5, 5.41) is 2.97. The SMILES string of the molecule is COc1ccc(NS(=O)(=O)c2cccc(C(=O)OC(C)C(=O)NC3CCCCC3C)c2)cc1. The lowest BCUT2D eigenvalue weighted by Crippen LogP contribution is -2.46. The number of sulfonamides is 1. The van der Waals surface area contributed by atoms with Crippen LogP contribution in [0.15, 0.2) is 53.4 Å². The molecule has 178 valence electrons. The highest BCUT2D eigenvalue weighted by Gasteiger charge is 2.27. The minimum Gasteiger partial charge on any atom is -0.497 e. The highest BCUT2D eigenvalue weighted by molar-refractivity contribution is 7.92. The molecule has 33 heavy (non-hydrogen) atoms. The molecule has 0 radical (unpaired) electrons. The van der Waals surface area contributed by atoms with E-state index in [1.165, 1.54) is 38.3 Å². The second-order valence-corrected chi connectivity index (χ2v) is 9.97. The second-order valence-electron chi connectivity index (χ2n) is 8.29. The molecule has 2 aromatic rings. The van der Waals surface area contributed by atoms with E-state index in [0.717, 1.165) is 25.7 Å². The number of esters is 1. The van der Waals surface area contributed by atoms with E-state index in [-0.39, 0.29) is 22.4 Å². The summed E-state index contributed by atoms with van der Waals surface area (Å²) < 4.78 is 38.3. The lowest BCUT2D eigenvalue weighted by molar-refractivity contribution is -0.130. The fraction of sp³-hybridized carbons (Fsp3) is 0.417. The zero-order valence-electron chi connectivity index (χ0n) is 19.0. The van der Waals surface area contributed by atoms with Crippen molar-refractivity contribution < 1.29 is 27.5 Å². The number of amides is 1. The molecule has 1 saturated carbocycles. The first kappa shape index (κ1) is 24.6. The molecule has 3 unspecified atom stereocenters. The van der Waals surface area contributed by atoms with Crippen molar-refractivity contribution in [2.24, 2.45) is 5.92 Å². The van der Waals surface area contributed by atoms with Crippen LogP contribution in [0, 0.1) is 5.92 Å². The molecular weight excluding hydrogens is 444 g/mol. The van der Waals surface area contributed by atoms with Gasteiger partial charge in [0.1, 0.15) is 5.75 Å². The van der Waals surface area contributed by atoms with E-state index in [2.05, 4.69) is 17.0 Å². The Hall–Kier alpha value is -3.07. The molecule has 1 fully saturated rings. The summed E-state index contributed by atoms with van der Waals surface area (Å²) in [5.41, 5.74) is 0.393. The molecule has 0 saturated heterocycles. The molecule has 0 aliphatic heterocycles. The van der Waals surface area contributed by atoms with Crippen molar-refractivity contribution >= 4 is 27.6 Å². The van der Waals surface area contributed by atoms with Crippen molar-refractivity contribution in [3.63, 3.8) is 0 Å². The minimum atomic E-state index is -3.94. The molecule has 2 N–H and O–H groups in total. The van der Waals surface area contributed by atoms with Gasteiger partial charge in [-0.05, 0) is 68.1 Å². The molecular formula is C24H30N2O6S. The molecule has 9 heteroatoms. The maximum atomic E-state index is 12.8. The third-order valence-electron chi connectivity index (χ3n) is 5.81. The fourth-order valence-corrected chi connectivity index (χ4v) is 4.88. The summed E-state index contributed by atoms with van der Waals surface area (Å²) in [6.07, 6.45) is 3.20. The Morgan fingerprint density at radius 3 is 2.42 bits per heavy atom. The van der Waals surface area contributed by atoms with Crippen LogP contribution >= 0.6 is 0 Å². The van der Waals surface area contributed by atoms with Gasteiger partial charge in [0.05, 0.1) is 17.6 Å². The highest BCUT2D eigenvalue weighted by Crippen LogP contribution is 2.24. The molecule has 0 heterocycles. The molecule has 3 atom stereocenters. The second kappa shape index (κ2) is 10.7. The van der Waals surface area contributed by atoms with Gasteiger partial charge in [0.2, 0.25) is 0 Å². The summed E-state index contributed by atoms with van der Waals surface area (Å²) in [6, 6.07) is 12.0. The number of ether oxygens (including phenoxy) is 2. The van der Waals surface area contributed by atoms with Crippen molar-refractivity contribution in [1.29, 1.82) is 0 Å². The van der Waals surface area contributed by atoms with Gasteiger partial charge in [0.25, 0.3) is 15.9 Å². The predicted molar refractivity (Wildman–Crippen MR) is 125 cm³/mol. The van der Waals surface area contributed by atoms with E-state index >= 15 is 0 Å². The van der Waals surface area contributed by atoms with Crippen molar-refractivity contribution in [3.05, 3.63) is 54.1 Å². The van der Waals surface area contributed by atoms with Gasteiger partial charge >= 0.3 is 5.97 Å². The number of hydrogen-bond donors (Lipinski definition) is 2. The Morgan fingerprint density at radius 1 is 1.06 bits per heavy atom. The smallest absolute Gasteiger partial charge is 0.338 e. The largest absolute Gasteiger partial charge is 0.497 e. The van der Waals surface area contributed by atoms with Crippen LogP contribution in [0.2, 0.25) is 0 Å². The topological polar surface area (TPSA) is 111 Å². The summed E-state index contributed by atoms with van der Waals surface area (Å²) in [5.74, 6) is -0.146. The molecule has 1 amide bonds. The van der Waals surface area contributed by atoms with Gasteiger partial charge in [-0.15, -0.1) is 0 Å². The quantitative estimate of drug-likeness (QED) is 0.564. The van der Waals surface area contributed by atoms with E-state index in [1.54, 1.807) is 24.3 Å². The number of methoxy groups -OCH3 is 1. The van der Waals surface area contributed by atoms with Crippen molar-refractivity contribution in [3.8, 4) is 5.75 Å². The molecule has 8 nitrogen and oxygen atoms in total. The van der Waals surface area contributed by atoms with E-state index in [1.807, 2.05) is 0 Å². The van der Waals surface area contributed by atoms with Crippen LogP contribution in [0.25, 0.3) is 0 Å². The van der Waals surface area contributed by atoms with Crippen molar-refractivity contribution in [1.82, 2.24) is 5.32 Å². The van der Waals surface area contributed by atoms with Gasteiger partial charge in [0, 0.05) is 11.7 Å². The molecule has 0 bridgehead atoms. The van der Waals surface area contributed by atoms with Crippen LogP contribution in [0.3, 0.4) is 0 Å². The Balaban J connectivity index is 1.64. The Labute approximate surface area is 194 Å². The maximum Gasteiger partial charge on any atom is 0.338 e. The Morgan fingerprint density at radius 2 is 1.76 bits per heavy atom. The summed E-state index contributed by atoms with van der Waals surface area (Å²) >= 11 is 0. The maximum absolute atomic E-state index is 12.8. The number of rotatable bonds is 8. The van der Waals surface area contributed by atoms with Crippen LogP contribution < -0.4 is 14.8 Å². The zero-order chi connectivity index (χ0) is 24.0. The first-order chi connectivity index (χ1) is 15.7. The normalized spacial score (nSPS) is 19.2. The molecule has 3 rings (SSSR count).